The molecule has 1 N–H and O–H groups in total. The van der Waals surface area contributed by atoms with Crippen LogP contribution in [0, 0.1) is 12.8 Å². The number of nitrogens with one attached hydrogen (secondary N) is 1. The van der Waals surface area contributed by atoms with Gasteiger partial charge in [0.25, 0.3) is 0 Å². The first kappa shape index (κ1) is 10.5. The zero-order chi connectivity index (χ0) is 10.8. The maximum Gasteiger partial charge on any atom is 0.0376 e. The summed E-state index contributed by atoms with van der Waals surface area (Å²) < 4.78 is 0. The van der Waals surface area contributed by atoms with E-state index in [1.807, 2.05) is 0 Å². The van der Waals surface area contributed by atoms with Crippen LogP contribution in [0.1, 0.15) is 43.7 Å². The SMILES string of the molecule is CCC(CC)C1CNc2ccc(C)cc21. The number of anilines is 1. The van der Waals surface area contributed by atoms with Crippen LogP contribution in [0.3, 0.4) is 0 Å². The molecular formula is C14H21N. The Kier molecular flexibility index (Phi) is 2.99. The lowest BCUT2D eigenvalue weighted by Gasteiger charge is -2.20. The fourth-order valence-electron chi connectivity index (χ4n) is 2.76. The van der Waals surface area contributed by atoms with Gasteiger partial charge in [0, 0.05) is 18.2 Å². The Hall–Kier alpha value is -0.980. The summed E-state index contributed by atoms with van der Waals surface area (Å²) in [5, 5.41) is 3.53. The van der Waals surface area contributed by atoms with E-state index in [9.17, 15) is 0 Å². The molecule has 0 amide bonds. The molecule has 1 atom stereocenters. The summed E-state index contributed by atoms with van der Waals surface area (Å²) in [5.74, 6) is 1.57. The second-order valence-electron chi connectivity index (χ2n) is 4.65. The first-order valence-electron chi connectivity index (χ1n) is 6.10. The molecule has 1 aromatic rings. The topological polar surface area (TPSA) is 12.0 Å². The van der Waals surface area contributed by atoms with Crippen molar-refractivity contribution in [2.45, 2.75) is 39.5 Å². The van der Waals surface area contributed by atoms with E-state index in [0.29, 0.717) is 0 Å². The number of aryl methyl sites for hydroxylation is 1. The average Bonchev–Trinajstić information content (AvgIpc) is 2.64. The fourth-order valence-corrected chi connectivity index (χ4v) is 2.76. The number of hydrogen-bond acceptors (Lipinski definition) is 1. The standard InChI is InChI=1S/C14H21N/c1-4-11(5-2)13-9-15-14-7-6-10(3)8-12(13)14/h6-8,11,13,15H,4-5,9H2,1-3H3. The molecule has 1 aromatic carbocycles. The smallest absolute Gasteiger partial charge is 0.0376 e. The van der Waals surface area contributed by atoms with Crippen molar-refractivity contribution in [3.8, 4) is 0 Å². The van der Waals surface area contributed by atoms with E-state index in [2.05, 4.69) is 44.3 Å². The molecule has 0 fully saturated rings. The van der Waals surface area contributed by atoms with Gasteiger partial charge < -0.3 is 5.32 Å². The van der Waals surface area contributed by atoms with Crippen molar-refractivity contribution in [1.29, 1.82) is 0 Å². The van der Waals surface area contributed by atoms with Gasteiger partial charge in [0.15, 0.2) is 0 Å². The van der Waals surface area contributed by atoms with E-state index >= 15 is 0 Å². The third-order valence-corrected chi connectivity index (χ3v) is 3.74. The normalized spacial score (nSPS) is 19.1. The van der Waals surface area contributed by atoms with Gasteiger partial charge in [-0.3, -0.25) is 0 Å². The van der Waals surface area contributed by atoms with Crippen LogP contribution in [-0.4, -0.2) is 6.54 Å². The molecule has 82 valence electrons. The molecule has 0 spiro atoms. The third-order valence-electron chi connectivity index (χ3n) is 3.74. The molecule has 0 saturated heterocycles. The Balaban J connectivity index is 2.30. The number of hydrogen-bond donors (Lipinski definition) is 1. The van der Waals surface area contributed by atoms with Gasteiger partial charge in [-0.25, -0.2) is 0 Å². The lowest BCUT2D eigenvalue weighted by molar-refractivity contribution is 0.418. The van der Waals surface area contributed by atoms with Crippen LogP contribution in [0.25, 0.3) is 0 Å². The molecule has 0 radical (unpaired) electrons. The van der Waals surface area contributed by atoms with E-state index in [4.69, 9.17) is 0 Å². The predicted molar refractivity (Wildman–Crippen MR) is 66.5 cm³/mol. The van der Waals surface area contributed by atoms with Crippen LogP contribution >= 0.6 is 0 Å². The van der Waals surface area contributed by atoms with E-state index in [1.165, 1.54) is 24.1 Å². The zero-order valence-corrected chi connectivity index (χ0v) is 10.0. The molecule has 2 rings (SSSR count). The minimum atomic E-state index is 0.731. The highest BCUT2D eigenvalue weighted by Gasteiger charge is 2.27. The van der Waals surface area contributed by atoms with Crippen LogP contribution in [0.15, 0.2) is 18.2 Å². The van der Waals surface area contributed by atoms with Gasteiger partial charge in [0.1, 0.15) is 0 Å². The minimum absolute atomic E-state index is 0.731. The van der Waals surface area contributed by atoms with Crippen LogP contribution in [-0.2, 0) is 0 Å². The highest BCUT2D eigenvalue weighted by atomic mass is 14.9. The molecule has 0 aliphatic carbocycles. The first-order chi connectivity index (χ1) is 7.26. The number of rotatable bonds is 3. The summed E-state index contributed by atoms with van der Waals surface area (Å²) in [5.41, 5.74) is 4.29. The molecule has 0 bridgehead atoms. The first-order valence-corrected chi connectivity index (χ1v) is 6.10. The molecule has 0 saturated carbocycles. The number of fused-ring (bicyclic) bond motifs is 1. The number of benzene rings is 1. The summed E-state index contributed by atoms with van der Waals surface area (Å²) in [6.45, 7) is 7.93. The van der Waals surface area contributed by atoms with Crippen LogP contribution in [0.5, 0.6) is 0 Å². The van der Waals surface area contributed by atoms with Gasteiger partial charge in [-0.05, 0) is 24.5 Å². The maximum atomic E-state index is 3.53. The Bertz CT molecular complexity index is 339. The summed E-state index contributed by atoms with van der Waals surface area (Å²) in [4.78, 5) is 0. The van der Waals surface area contributed by atoms with Gasteiger partial charge in [-0.15, -0.1) is 0 Å². The van der Waals surface area contributed by atoms with Crippen molar-refractivity contribution in [3.05, 3.63) is 29.3 Å². The van der Waals surface area contributed by atoms with E-state index < -0.39 is 0 Å². The predicted octanol–water partition coefficient (Wildman–Crippen LogP) is 3.94. The minimum Gasteiger partial charge on any atom is -0.384 e. The molecule has 1 heteroatoms. The second-order valence-corrected chi connectivity index (χ2v) is 4.65. The molecule has 0 aromatic heterocycles. The van der Waals surface area contributed by atoms with Crippen molar-refractivity contribution in [1.82, 2.24) is 0 Å². The average molecular weight is 203 g/mol. The summed E-state index contributed by atoms with van der Waals surface area (Å²) in [7, 11) is 0. The van der Waals surface area contributed by atoms with Gasteiger partial charge in [0.05, 0.1) is 0 Å². The highest BCUT2D eigenvalue weighted by molar-refractivity contribution is 5.59. The lowest BCUT2D eigenvalue weighted by atomic mass is 9.84. The van der Waals surface area contributed by atoms with E-state index in [0.717, 1.165) is 18.4 Å². The Morgan fingerprint density at radius 1 is 1.33 bits per heavy atom. The van der Waals surface area contributed by atoms with Crippen molar-refractivity contribution in [3.63, 3.8) is 0 Å². The summed E-state index contributed by atoms with van der Waals surface area (Å²) in [6, 6.07) is 6.78. The largest absolute Gasteiger partial charge is 0.384 e. The van der Waals surface area contributed by atoms with Crippen LogP contribution in [0.2, 0.25) is 0 Å². The van der Waals surface area contributed by atoms with Crippen molar-refractivity contribution in [2.24, 2.45) is 5.92 Å². The molecule has 1 aliphatic rings. The molecular weight excluding hydrogens is 182 g/mol. The van der Waals surface area contributed by atoms with E-state index in [-0.39, 0.29) is 0 Å². The van der Waals surface area contributed by atoms with Gasteiger partial charge in [0.2, 0.25) is 0 Å². The highest BCUT2D eigenvalue weighted by Crippen LogP contribution is 2.39. The molecule has 1 nitrogen and oxygen atoms in total. The zero-order valence-electron chi connectivity index (χ0n) is 10.0. The van der Waals surface area contributed by atoms with E-state index in [1.54, 1.807) is 5.56 Å². The summed E-state index contributed by atoms with van der Waals surface area (Å²) in [6.07, 6.45) is 2.58. The molecule has 1 unspecified atom stereocenters. The van der Waals surface area contributed by atoms with Crippen molar-refractivity contribution >= 4 is 5.69 Å². The fraction of sp³-hybridized carbons (Fsp3) is 0.571. The van der Waals surface area contributed by atoms with Crippen LogP contribution < -0.4 is 5.32 Å². The maximum absolute atomic E-state index is 3.53. The van der Waals surface area contributed by atoms with Gasteiger partial charge >= 0.3 is 0 Å². The Labute approximate surface area is 92.9 Å². The van der Waals surface area contributed by atoms with Crippen molar-refractivity contribution < 1.29 is 0 Å². The van der Waals surface area contributed by atoms with Gasteiger partial charge in [-0.1, -0.05) is 44.4 Å². The van der Waals surface area contributed by atoms with Crippen molar-refractivity contribution in [2.75, 3.05) is 11.9 Å². The second kappa shape index (κ2) is 4.26. The molecule has 1 aliphatic heterocycles. The van der Waals surface area contributed by atoms with Gasteiger partial charge in [-0.2, -0.15) is 0 Å². The lowest BCUT2D eigenvalue weighted by Crippen LogP contribution is -2.13. The Morgan fingerprint density at radius 3 is 2.73 bits per heavy atom. The monoisotopic (exact) mass is 203 g/mol. The molecule has 15 heavy (non-hydrogen) atoms. The Morgan fingerprint density at radius 2 is 2.07 bits per heavy atom. The molecule has 1 heterocycles. The summed E-state index contributed by atoms with van der Waals surface area (Å²) >= 11 is 0. The van der Waals surface area contributed by atoms with Crippen LogP contribution in [0.4, 0.5) is 5.69 Å². The third kappa shape index (κ3) is 1.88. The quantitative estimate of drug-likeness (QED) is 0.784.